The molecule has 2 heterocycles. The predicted molar refractivity (Wildman–Crippen MR) is 110 cm³/mol. The molecule has 1 aliphatic heterocycles. The van der Waals surface area contributed by atoms with E-state index in [0.717, 1.165) is 32.5 Å². The van der Waals surface area contributed by atoms with Gasteiger partial charge in [0.2, 0.25) is 5.91 Å². The number of alkyl halides is 3. The molecule has 1 aromatic heterocycles. The number of halogens is 4. The molecule has 9 heteroatoms. The van der Waals surface area contributed by atoms with Gasteiger partial charge in [-0.2, -0.15) is 18.3 Å². The fraction of sp³-hybridized carbons (Fsp3) is 0.524. The van der Waals surface area contributed by atoms with Gasteiger partial charge in [-0.3, -0.25) is 14.4 Å². The molecule has 0 N–H and O–H groups in total. The summed E-state index contributed by atoms with van der Waals surface area (Å²) in [6, 6.07) is 10.2. The van der Waals surface area contributed by atoms with Crippen LogP contribution >= 0.6 is 15.9 Å². The van der Waals surface area contributed by atoms with Crippen molar-refractivity contribution in [1.29, 1.82) is 0 Å². The van der Waals surface area contributed by atoms with Gasteiger partial charge in [-0.1, -0.05) is 30.3 Å². The summed E-state index contributed by atoms with van der Waals surface area (Å²) in [7, 11) is 0. The van der Waals surface area contributed by atoms with Crippen LogP contribution in [-0.4, -0.2) is 51.7 Å². The summed E-state index contributed by atoms with van der Waals surface area (Å²) in [4.78, 5) is 16.8. The van der Waals surface area contributed by atoms with E-state index in [0.29, 0.717) is 18.8 Å². The largest absolute Gasteiger partial charge is 0.436 e. The summed E-state index contributed by atoms with van der Waals surface area (Å²) >= 11 is 3.09. The lowest BCUT2D eigenvalue weighted by molar-refractivity contribution is -0.142. The fourth-order valence-corrected chi connectivity index (χ4v) is 4.74. The number of carbonyl (C=O) groups is 1. The monoisotopic (exact) mass is 484 g/mol. The normalized spacial score (nSPS) is 18.1. The second-order valence-corrected chi connectivity index (χ2v) is 8.73. The molecule has 2 fully saturated rings. The van der Waals surface area contributed by atoms with Crippen LogP contribution in [-0.2, 0) is 24.1 Å². The van der Waals surface area contributed by atoms with Crippen molar-refractivity contribution in [3.05, 3.63) is 51.8 Å². The Bertz CT molecular complexity index is 888. The number of hydrogen-bond acceptors (Lipinski definition) is 3. The van der Waals surface area contributed by atoms with Crippen LogP contribution < -0.4 is 0 Å². The van der Waals surface area contributed by atoms with Crippen LogP contribution in [0.1, 0.15) is 42.1 Å². The topological polar surface area (TPSA) is 41.4 Å². The summed E-state index contributed by atoms with van der Waals surface area (Å²) in [5.74, 6) is 0.0656. The number of benzene rings is 1. The highest BCUT2D eigenvalue weighted by molar-refractivity contribution is 9.10. The van der Waals surface area contributed by atoms with E-state index in [2.05, 4.69) is 38.1 Å². The van der Waals surface area contributed by atoms with Crippen molar-refractivity contribution in [2.24, 2.45) is 0 Å². The fourth-order valence-electron chi connectivity index (χ4n) is 3.91. The first-order valence-electron chi connectivity index (χ1n) is 10.2. The molecule has 1 aromatic carbocycles. The number of piperazine rings is 1. The summed E-state index contributed by atoms with van der Waals surface area (Å²) in [5.41, 5.74) is 0.920. The second kappa shape index (κ2) is 8.70. The summed E-state index contributed by atoms with van der Waals surface area (Å²) in [5, 5.41) is 3.78. The van der Waals surface area contributed by atoms with Crippen LogP contribution in [0.15, 0.2) is 34.8 Å². The minimum Gasteiger partial charge on any atom is -0.340 e. The van der Waals surface area contributed by atoms with Gasteiger partial charge in [0.1, 0.15) is 0 Å². The van der Waals surface area contributed by atoms with Gasteiger partial charge in [0, 0.05) is 45.1 Å². The van der Waals surface area contributed by atoms with E-state index in [9.17, 15) is 18.0 Å². The van der Waals surface area contributed by atoms with Gasteiger partial charge in [-0.15, -0.1) is 0 Å². The smallest absolute Gasteiger partial charge is 0.340 e. The van der Waals surface area contributed by atoms with Gasteiger partial charge in [-0.25, -0.2) is 0 Å². The number of nitrogens with zero attached hydrogens (tertiary/aromatic N) is 4. The second-order valence-electron chi connectivity index (χ2n) is 7.94. The zero-order valence-corrected chi connectivity index (χ0v) is 18.1. The number of amides is 1. The van der Waals surface area contributed by atoms with Crippen LogP contribution in [0, 0.1) is 0 Å². The first-order valence-corrected chi connectivity index (χ1v) is 11.0. The van der Waals surface area contributed by atoms with Crippen LogP contribution in [0.5, 0.6) is 0 Å². The Morgan fingerprint density at radius 2 is 1.77 bits per heavy atom. The Balaban J connectivity index is 1.32. The summed E-state index contributed by atoms with van der Waals surface area (Å²) in [6.07, 6.45) is -2.63. The molecule has 1 saturated carbocycles. The lowest BCUT2D eigenvalue weighted by Gasteiger charge is -2.34. The Hall–Kier alpha value is -1.87. The standard InChI is InChI=1S/C21H24BrF3N4O/c22-18-19(16-6-7-16)29(26-20(18)21(23,24)25)9-8-17(30)28-12-10-27(11-13-28)14-15-4-2-1-3-5-15/h1-5,16H,6-14H2. The molecule has 30 heavy (non-hydrogen) atoms. The summed E-state index contributed by atoms with van der Waals surface area (Å²) < 4.78 is 41.1. The minimum absolute atomic E-state index is 0.0273. The number of aromatic nitrogens is 2. The first kappa shape index (κ1) is 21.4. The van der Waals surface area contributed by atoms with Crippen LogP contribution in [0.25, 0.3) is 0 Å². The van der Waals surface area contributed by atoms with E-state index in [4.69, 9.17) is 0 Å². The quantitative estimate of drug-likeness (QED) is 0.614. The highest BCUT2D eigenvalue weighted by Crippen LogP contribution is 2.47. The first-order chi connectivity index (χ1) is 14.3. The Labute approximate surface area is 182 Å². The molecule has 0 spiro atoms. The molecule has 5 nitrogen and oxygen atoms in total. The van der Waals surface area contributed by atoms with Gasteiger partial charge < -0.3 is 4.90 Å². The Kier molecular flexibility index (Phi) is 6.20. The van der Waals surface area contributed by atoms with Gasteiger partial charge in [0.05, 0.1) is 16.7 Å². The molecule has 1 aliphatic carbocycles. The van der Waals surface area contributed by atoms with E-state index < -0.39 is 11.9 Å². The third-order valence-corrected chi connectivity index (χ3v) is 6.46. The van der Waals surface area contributed by atoms with E-state index in [1.807, 2.05) is 23.1 Å². The van der Waals surface area contributed by atoms with E-state index in [-0.39, 0.29) is 29.3 Å². The third-order valence-electron chi connectivity index (χ3n) is 5.68. The molecule has 0 bridgehead atoms. The van der Waals surface area contributed by atoms with Gasteiger partial charge in [0.15, 0.2) is 5.69 Å². The Morgan fingerprint density at radius 3 is 2.37 bits per heavy atom. The maximum absolute atomic E-state index is 13.2. The maximum Gasteiger partial charge on any atom is 0.436 e. The molecular weight excluding hydrogens is 461 g/mol. The van der Waals surface area contributed by atoms with Crippen molar-refractivity contribution in [3.63, 3.8) is 0 Å². The Morgan fingerprint density at radius 1 is 1.10 bits per heavy atom. The lowest BCUT2D eigenvalue weighted by atomic mass is 10.2. The average molecular weight is 485 g/mol. The van der Waals surface area contributed by atoms with E-state index >= 15 is 0 Å². The number of carbonyl (C=O) groups excluding carboxylic acids is 1. The van der Waals surface area contributed by atoms with E-state index in [1.165, 1.54) is 10.2 Å². The van der Waals surface area contributed by atoms with Crippen molar-refractivity contribution >= 4 is 21.8 Å². The summed E-state index contributed by atoms with van der Waals surface area (Å²) in [6.45, 7) is 3.88. The number of aryl methyl sites for hydroxylation is 1. The van der Waals surface area contributed by atoms with Crippen LogP contribution in [0.4, 0.5) is 13.2 Å². The van der Waals surface area contributed by atoms with Crippen LogP contribution in [0.3, 0.4) is 0 Å². The molecular formula is C21H24BrF3N4O. The zero-order chi connectivity index (χ0) is 21.3. The molecule has 4 rings (SSSR count). The molecule has 1 saturated heterocycles. The predicted octanol–water partition coefficient (Wildman–Crippen LogP) is 4.28. The van der Waals surface area contributed by atoms with Crippen molar-refractivity contribution < 1.29 is 18.0 Å². The highest BCUT2D eigenvalue weighted by Gasteiger charge is 2.41. The van der Waals surface area contributed by atoms with Crippen molar-refractivity contribution in [1.82, 2.24) is 19.6 Å². The van der Waals surface area contributed by atoms with Crippen molar-refractivity contribution in [3.8, 4) is 0 Å². The molecule has 0 unspecified atom stereocenters. The van der Waals surface area contributed by atoms with Crippen molar-refractivity contribution in [2.75, 3.05) is 26.2 Å². The highest BCUT2D eigenvalue weighted by atomic mass is 79.9. The van der Waals surface area contributed by atoms with Gasteiger partial charge in [-0.05, 0) is 34.3 Å². The third kappa shape index (κ3) is 4.88. The lowest BCUT2D eigenvalue weighted by Crippen LogP contribution is -2.48. The number of hydrogen-bond donors (Lipinski definition) is 0. The SMILES string of the molecule is O=C(CCn1nc(C(F)(F)F)c(Br)c1C1CC1)N1CCN(Cc2ccccc2)CC1. The molecule has 2 aliphatic rings. The average Bonchev–Trinajstić information content (AvgIpc) is 3.49. The minimum atomic E-state index is -4.51. The van der Waals surface area contributed by atoms with Gasteiger partial charge in [0.25, 0.3) is 0 Å². The molecule has 2 aromatic rings. The van der Waals surface area contributed by atoms with Crippen LogP contribution in [0.2, 0.25) is 0 Å². The number of rotatable bonds is 6. The molecule has 1 amide bonds. The van der Waals surface area contributed by atoms with Gasteiger partial charge >= 0.3 is 6.18 Å². The van der Waals surface area contributed by atoms with E-state index in [1.54, 1.807) is 0 Å². The maximum atomic E-state index is 13.2. The zero-order valence-electron chi connectivity index (χ0n) is 16.5. The van der Waals surface area contributed by atoms with Crippen molar-refractivity contribution in [2.45, 2.75) is 44.4 Å². The molecule has 0 radical (unpaired) electrons. The molecule has 162 valence electrons. The molecule has 0 atom stereocenters.